The maximum absolute atomic E-state index is 10.5. The fourth-order valence-electron chi connectivity index (χ4n) is 2.91. The van der Waals surface area contributed by atoms with Crippen LogP contribution in [-0.2, 0) is 11.2 Å². The van der Waals surface area contributed by atoms with E-state index in [-0.39, 0.29) is 5.60 Å². The number of ether oxygens (including phenoxy) is 1. The summed E-state index contributed by atoms with van der Waals surface area (Å²) >= 11 is 5.97. The van der Waals surface area contributed by atoms with Gasteiger partial charge in [0.15, 0.2) is 0 Å². The van der Waals surface area contributed by atoms with E-state index in [0.717, 1.165) is 36.3 Å². The maximum atomic E-state index is 10.5. The molecule has 100 valence electrons. The minimum absolute atomic E-state index is 0.336. The van der Waals surface area contributed by atoms with Gasteiger partial charge in [0.2, 0.25) is 0 Å². The Bertz CT molecular complexity index is 386. The predicted molar refractivity (Wildman–Crippen MR) is 74.0 cm³/mol. The number of aliphatic hydroxyl groups excluding tert-OH is 1. The van der Waals surface area contributed by atoms with Gasteiger partial charge in [-0.05, 0) is 37.5 Å². The van der Waals surface area contributed by atoms with Gasteiger partial charge in [-0.25, -0.2) is 0 Å². The van der Waals surface area contributed by atoms with Gasteiger partial charge >= 0.3 is 0 Å². The highest BCUT2D eigenvalue weighted by Crippen LogP contribution is 2.37. The summed E-state index contributed by atoms with van der Waals surface area (Å²) in [6.45, 7) is 2.65. The van der Waals surface area contributed by atoms with Gasteiger partial charge in [0.05, 0.1) is 11.7 Å². The first-order valence-corrected chi connectivity index (χ1v) is 7.10. The molecule has 0 amide bonds. The smallest absolute Gasteiger partial charge is 0.0943 e. The Morgan fingerprint density at radius 1 is 1.39 bits per heavy atom. The minimum Gasteiger partial charge on any atom is -0.390 e. The summed E-state index contributed by atoms with van der Waals surface area (Å²) in [5.74, 6) is 0. The quantitative estimate of drug-likeness (QED) is 0.884. The van der Waals surface area contributed by atoms with Crippen molar-refractivity contribution in [1.29, 1.82) is 0 Å². The Balaban J connectivity index is 2.07. The first-order valence-electron chi connectivity index (χ1n) is 6.73. The van der Waals surface area contributed by atoms with Gasteiger partial charge in [0.1, 0.15) is 0 Å². The zero-order valence-corrected chi connectivity index (χ0v) is 11.6. The summed E-state index contributed by atoms with van der Waals surface area (Å²) in [7, 11) is 0. The molecule has 2 rings (SSSR count). The van der Waals surface area contributed by atoms with Crippen molar-refractivity contribution in [2.24, 2.45) is 0 Å². The highest BCUT2D eigenvalue weighted by Gasteiger charge is 2.41. The van der Waals surface area contributed by atoms with E-state index >= 15 is 0 Å². The third-order valence-electron chi connectivity index (χ3n) is 3.81. The first kappa shape index (κ1) is 13.9. The van der Waals surface area contributed by atoms with E-state index in [1.807, 2.05) is 31.2 Å². The van der Waals surface area contributed by atoms with Crippen molar-refractivity contribution in [1.82, 2.24) is 0 Å². The Hall–Kier alpha value is -0.570. The fourth-order valence-corrected chi connectivity index (χ4v) is 3.12. The van der Waals surface area contributed by atoms with Crippen molar-refractivity contribution >= 4 is 11.6 Å². The Morgan fingerprint density at radius 3 is 2.72 bits per heavy atom. The van der Waals surface area contributed by atoms with E-state index in [4.69, 9.17) is 16.3 Å². The second-order valence-corrected chi connectivity index (χ2v) is 5.49. The molecule has 0 heterocycles. The number of hydrogen-bond donors (Lipinski definition) is 1. The van der Waals surface area contributed by atoms with Crippen molar-refractivity contribution in [3.05, 3.63) is 34.9 Å². The van der Waals surface area contributed by atoms with Gasteiger partial charge in [-0.1, -0.05) is 36.6 Å². The van der Waals surface area contributed by atoms with Crippen LogP contribution in [-0.4, -0.2) is 23.4 Å². The maximum Gasteiger partial charge on any atom is 0.0943 e. The number of benzene rings is 1. The summed E-state index contributed by atoms with van der Waals surface area (Å²) < 4.78 is 5.87. The molecular formula is C15H21ClO2. The van der Waals surface area contributed by atoms with Crippen LogP contribution in [0.5, 0.6) is 0 Å². The summed E-state index contributed by atoms with van der Waals surface area (Å²) in [5.41, 5.74) is 0.734. The first-order chi connectivity index (χ1) is 8.66. The third-order valence-corrected chi connectivity index (χ3v) is 4.04. The van der Waals surface area contributed by atoms with E-state index in [2.05, 4.69) is 0 Å². The second kappa shape index (κ2) is 6.05. The van der Waals surface area contributed by atoms with E-state index in [9.17, 15) is 5.11 Å². The fraction of sp³-hybridized carbons (Fsp3) is 0.600. The lowest BCUT2D eigenvalue weighted by atomic mass is 9.89. The molecule has 18 heavy (non-hydrogen) atoms. The standard InChI is InChI=1S/C15H21ClO2/c1-2-18-15(8-3-4-9-15)14(17)11-12-6-5-7-13(16)10-12/h5-7,10,14,17H,2-4,8-9,11H2,1H3. The van der Waals surface area contributed by atoms with Crippen LogP contribution in [0.1, 0.15) is 38.2 Å². The van der Waals surface area contributed by atoms with E-state index in [1.54, 1.807) is 0 Å². The van der Waals surface area contributed by atoms with Gasteiger partial charge < -0.3 is 9.84 Å². The second-order valence-electron chi connectivity index (χ2n) is 5.05. The summed E-state index contributed by atoms with van der Waals surface area (Å²) in [6.07, 6.45) is 4.38. The number of halogens is 1. The van der Waals surface area contributed by atoms with E-state index in [1.165, 1.54) is 0 Å². The SMILES string of the molecule is CCOC1(C(O)Cc2cccc(Cl)c2)CCCC1. The molecule has 0 aliphatic heterocycles. The summed E-state index contributed by atoms with van der Waals surface area (Å²) in [5, 5.41) is 11.2. The molecular weight excluding hydrogens is 248 g/mol. The van der Waals surface area contributed by atoms with Crippen molar-refractivity contribution in [3.8, 4) is 0 Å². The zero-order valence-electron chi connectivity index (χ0n) is 10.9. The number of aliphatic hydroxyl groups is 1. The third kappa shape index (κ3) is 3.05. The minimum atomic E-state index is -0.446. The van der Waals surface area contributed by atoms with Crippen molar-refractivity contribution in [3.63, 3.8) is 0 Å². The monoisotopic (exact) mass is 268 g/mol. The molecule has 0 bridgehead atoms. The molecule has 0 radical (unpaired) electrons. The van der Waals surface area contributed by atoms with Crippen LogP contribution in [0.3, 0.4) is 0 Å². The van der Waals surface area contributed by atoms with E-state index < -0.39 is 6.10 Å². The molecule has 3 heteroatoms. The lowest BCUT2D eigenvalue weighted by molar-refractivity contribution is -0.115. The normalized spacial score (nSPS) is 19.9. The molecule has 1 aromatic carbocycles. The van der Waals surface area contributed by atoms with Crippen LogP contribution in [0.15, 0.2) is 24.3 Å². The summed E-state index contributed by atoms with van der Waals surface area (Å²) in [6, 6.07) is 7.70. The van der Waals surface area contributed by atoms with E-state index in [0.29, 0.717) is 13.0 Å². The molecule has 0 spiro atoms. The number of rotatable bonds is 5. The molecule has 1 atom stereocenters. The van der Waals surface area contributed by atoms with Gasteiger partial charge in [-0.15, -0.1) is 0 Å². The average molecular weight is 269 g/mol. The highest BCUT2D eigenvalue weighted by molar-refractivity contribution is 6.30. The Labute approximate surface area is 114 Å². The van der Waals surface area contributed by atoms with Crippen LogP contribution in [0.2, 0.25) is 5.02 Å². The Morgan fingerprint density at radius 2 is 2.11 bits per heavy atom. The van der Waals surface area contributed by atoms with Crippen molar-refractivity contribution in [2.75, 3.05) is 6.61 Å². The Kier molecular flexibility index (Phi) is 4.66. The van der Waals surface area contributed by atoms with Gasteiger partial charge in [0.25, 0.3) is 0 Å². The lowest BCUT2D eigenvalue weighted by Gasteiger charge is -2.34. The molecule has 1 fully saturated rings. The van der Waals surface area contributed by atoms with Crippen molar-refractivity contribution < 1.29 is 9.84 Å². The van der Waals surface area contributed by atoms with Crippen LogP contribution in [0, 0.1) is 0 Å². The average Bonchev–Trinajstić information content (AvgIpc) is 2.79. The predicted octanol–water partition coefficient (Wildman–Crippen LogP) is 3.59. The molecule has 1 unspecified atom stereocenters. The molecule has 1 saturated carbocycles. The van der Waals surface area contributed by atoms with Crippen molar-refractivity contribution in [2.45, 2.75) is 50.7 Å². The van der Waals surface area contributed by atoms with Crippen LogP contribution in [0.4, 0.5) is 0 Å². The van der Waals surface area contributed by atoms with Gasteiger partial charge in [0, 0.05) is 18.1 Å². The van der Waals surface area contributed by atoms with Gasteiger partial charge in [-0.3, -0.25) is 0 Å². The molecule has 0 aromatic heterocycles. The van der Waals surface area contributed by atoms with Crippen LogP contribution < -0.4 is 0 Å². The lowest BCUT2D eigenvalue weighted by Crippen LogP contribution is -2.43. The molecule has 1 aliphatic carbocycles. The molecule has 1 aromatic rings. The van der Waals surface area contributed by atoms with Crippen LogP contribution in [0.25, 0.3) is 0 Å². The highest BCUT2D eigenvalue weighted by atomic mass is 35.5. The molecule has 2 nitrogen and oxygen atoms in total. The molecule has 1 aliphatic rings. The molecule has 0 saturated heterocycles. The summed E-state index contributed by atoms with van der Waals surface area (Å²) in [4.78, 5) is 0. The molecule has 1 N–H and O–H groups in total. The van der Waals surface area contributed by atoms with Gasteiger partial charge in [-0.2, -0.15) is 0 Å². The number of hydrogen-bond acceptors (Lipinski definition) is 2. The van der Waals surface area contributed by atoms with Crippen LogP contribution >= 0.6 is 11.6 Å². The topological polar surface area (TPSA) is 29.5 Å². The zero-order chi connectivity index (χ0) is 13.0. The largest absolute Gasteiger partial charge is 0.390 e.